The summed E-state index contributed by atoms with van der Waals surface area (Å²) in [6.45, 7) is 2.10. The summed E-state index contributed by atoms with van der Waals surface area (Å²) in [5.74, 6) is 0.397. The third-order valence-corrected chi connectivity index (χ3v) is 3.10. The van der Waals surface area contributed by atoms with Crippen molar-refractivity contribution in [3.63, 3.8) is 0 Å². The normalized spacial score (nSPS) is 10.4. The maximum Gasteiger partial charge on any atom is 0.129 e. The Kier molecular flexibility index (Phi) is 3.87. The van der Waals surface area contributed by atoms with E-state index in [0.717, 1.165) is 10.0 Å². The number of hydrogen-bond donors (Lipinski definition) is 1. The Bertz CT molecular complexity index is 520. The molecule has 0 spiro atoms. The van der Waals surface area contributed by atoms with Crippen molar-refractivity contribution in [2.24, 2.45) is 0 Å². The topological polar surface area (TPSA) is 35.2 Å². The summed E-state index contributed by atoms with van der Waals surface area (Å²) in [4.78, 5) is 0. The average Bonchev–Trinajstić information content (AvgIpc) is 2.34. The van der Waals surface area contributed by atoms with Crippen LogP contribution in [-0.4, -0.2) is 0 Å². The second-order valence-corrected chi connectivity index (χ2v) is 4.97. The molecule has 2 N–H and O–H groups in total. The minimum atomic E-state index is -0.278. The monoisotopic (exact) mass is 309 g/mol. The quantitative estimate of drug-likeness (QED) is 0.868. The van der Waals surface area contributed by atoms with Crippen LogP contribution in [0.1, 0.15) is 11.1 Å². The van der Waals surface area contributed by atoms with E-state index in [1.165, 1.54) is 6.07 Å². The van der Waals surface area contributed by atoms with E-state index >= 15 is 0 Å². The van der Waals surface area contributed by atoms with Crippen molar-refractivity contribution in [1.29, 1.82) is 0 Å². The van der Waals surface area contributed by atoms with Gasteiger partial charge in [-0.15, -0.1) is 0 Å². The van der Waals surface area contributed by atoms with Crippen LogP contribution >= 0.6 is 15.9 Å². The second-order valence-electron chi connectivity index (χ2n) is 4.05. The molecule has 0 aliphatic carbocycles. The zero-order valence-electron chi connectivity index (χ0n) is 9.91. The summed E-state index contributed by atoms with van der Waals surface area (Å²) in [5, 5.41) is 0. The Morgan fingerprint density at radius 2 is 2.00 bits per heavy atom. The fourth-order valence-electron chi connectivity index (χ4n) is 1.58. The molecule has 0 aliphatic rings. The summed E-state index contributed by atoms with van der Waals surface area (Å²) in [6, 6.07) is 10.2. The van der Waals surface area contributed by atoms with E-state index < -0.39 is 0 Å². The van der Waals surface area contributed by atoms with E-state index in [9.17, 15) is 4.39 Å². The lowest BCUT2D eigenvalue weighted by atomic mass is 10.2. The van der Waals surface area contributed by atoms with Crippen molar-refractivity contribution in [3.8, 4) is 5.75 Å². The highest BCUT2D eigenvalue weighted by atomic mass is 79.9. The van der Waals surface area contributed by atoms with Gasteiger partial charge in [-0.05, 0) is 36.8 Å². The van der Waals surface area contributed by atoms with Gasteiger partial charge in [-0.1, -0.05) is 22.0 Å². The first-order valence-corrected chi connectivity index (χ1v) is 6.28. The molecule has 0 aromatic heterocycles. The fraction of sp³-hybridized carbons (Fsp3) is 0.143. The third kappa shape index (κ3) is 3.01. The van der Waals surface area contributed by atoms with Crippen LogP contribution in [0.25, 0.3) is 0 Å². The maximum atomic E-state index is 13.5. The molecule has 0 fully saturated rings. The van der Waals surface area contributed by atoms with E-state index in [2.05, 4.69) is 15.9 Å². The number of hydrogen-bond acceptors (Lipinski definition) is 2. The molecule has 2 nitrogen and oxygen atoms in total. The molecule has 18 heavy (non-hydrogen) atoms. The molecular formula is C14H13BrFNO. The van der Waals surface area contributed by atoms with Crippen molar-refractivity contribution in [3.05, 3.63) is 57.8 Å². The van der Waals surface area contributed by atoms with Crippen molar-refractivity contribution in [1.82, 2.24) is 0 Å². The molecule has 0 amide bonds. The fourth-order valence-corrected chi connectivity index (χ4v) is 1.99. The van der Waals surface area contributed by atoms with Gasteiger partial charge in [0.05, 0.1) is 0 Å². The molecule has 0 atom stereocenters. The van der Waals surface area contributed by atoms with Gasteiger partial charge < -0.3 is 10.5 Å². The minimum absolute atomic E-state index is 0.176. The van der Waals surface area contributed by atoms with Gasteiger partial charge in [-0.3, -0.25) is 0 Å². The molecule has 2 aromatic carbocycles. The third-order valence-electron chi connectivity index (χ3n) is 2.60. The Hall–Kier alpha value is -1.55. The predicted molar refractivity (Wildman–Crippen MR) is 74.0 cm³/mol. The van der Waals surface area contributed by atoms with Crippen LogP contribution in [0.4, 0.5) is 10.1 Å². The predicted octanol–water partition coefficient (Wildman–Crippen LogP) is 4.06. The average molecular weight is 310 g/mol. The van der Waals surface area contributed by atoms with Crippen LogP contribution in [0.3, 0.4) is 0 Å². The van der Waals surface area contributed by atoms with Crippen molar-refractivity contribution in [2.45, 2.75) is 13.5 Å². The smallest absolute Gasteiger partial charge is 0.129 e. The van der Waals surface area contributed by atoms with Gasteiger partial charge >= 0.3 is 0 Å². The number of benzene rings is 2. The lowest BCUT2D eigenvalue weighted by molar-refractivity contribution is 0.298. The summed E-state index contributed by atoms with van der Waals surface area (Å²) >= 11 is 3.31. The number of ether oxygens (including phenoxy) is 1. The lowest BCUT2D eigenvalue weighted by Gasteiger charge is -2.10. The highest BCUT2D eigenvalue weighted by Gasteiger charge is 2.05. The van der Waals surface area contributed by atoms with Crippen LogP contribution in [0.2, 0.25) is 0 Å². The van der Waals surface area contributed by atoms with Gasteiger partial charge in [0.1, 0.15) is 18.2 Å². The molecule has 2 aromatic rings. The van der Waals surface area contributed by atoms with E-state index in [1.54, 1.807) is 18.2 Å². The zero-order valence-corrected chi connectivity index (χ0v) is 11.5. The minimum Gasteiger partial charge on any atom is -0.488 e. The van der Waals surface area contributed by atoms with Gasteiger partial charge in [0.15, 0.2) is 0 Å². The second kappa shape index (κ2) is 5.40. The first kappa shape index (κ1) is 12.9. The largest absolute Gasteiger partial charge is 0.488 e. The highest BCUT2D eigenvalue weighted by molar-refractivity contribution is 9.10. The van der Waals surface area contributed by atoms with Crippen molar-refractivity contribution >= 4 is 21.6 Å². The number of nitrogen functional groups attached to an aromatic ring is 1. The van der Waals surface area contributed by atoms with Crippen LogP contribution < -0.4 is 10.5 Å². The molecule has 0 unspecified atom stereocenters. The van der Waals surface area contributed by atoms with Gasteiger partial charge in [-0.2, -0.15) is 0 Å². The molecule has 0 aliphatic heterocycles. The van der Waals surface area contributed by atoms with E-state index in [4.69, 9.17) is 10.5 Å². The van der Waals surface area contributed by atoms with E-state index in [-0.39, 0.29) is 12.4 Å². The highest BCUT2D eigenvalue weighted by Crippen LogP contribution is 2.23. The Morgan fingerprint density at radius 3 is 2.78 bits per heavy atom. The first-order chi connectivity index (χ1) is 8.56. The van der Waals surface area contributed by atoms with E-state index in [1.807, 2.05) is 19.1 Å². The molecule has 0 saturated carbocycles. The Morgan fingerprint density at radius 1 is 1.22 bits per heavy atom. The number of aryl methyl sites for hydroxylation is 1. The molecule has 2 rings (SSSR count). The lowest BCUT2D eigenvalue weighted by Crippen LogP contribution is -2.00. The van der Waals surface area contributed by atoms with Crippen molar-refractivity contribution < 1.29 is 9.13 Å². The Balaban J connectivity index is 2.16. The summed E-state index contributed by atoms with van der Waals surface area (Å²) in [7, 11) is 0. The van der Waals surface area contributed by atoms with Crippen LogP contribution in [0.15, 0.2) is 40.9 Å². The summed E-state index contributed by atoms with van der Waals surface area (Å²) < 4.78 is 20.0. The number of anilines is 1. The molecule has 0 saturated heterocycles. The van der Waals surface area contributed by atoms with Gasteiger partial charge in [0, 0.05) is 21.8 Å². The Labute approximate surface area is 114 Å². The summed E-state index contributed by atoms with van der Waals surface area (Å²) in [5.41, 5.74) is 7.80. The van der Waals surface area contributed by atoms with Crippen molar-refractivity contribution in [2.75, 3.05) is 5.73 Å². The molecular weight excluding hydrogens is 297 g/mol. The molecule has 0 radical (unpaired) electrons. The molecule has 4 heteroatoms. The summed E-state index contributed by atoms with van der Waals surface area (Å²) in [6.07, 6.45) is 0. The van der Waals surface area contributed by atoms with Crippen LogP contribution in [-0.2, 0) is 6.61 Å². The maximum absolute atomic E-state index is 13.5. The number of rotatable bonds is 3. The first-order valence-electron chi connectivity index (χ1n) is 5.49. The van der Waals surface area contributed by atoms with Gasteiger partial charge in [0.25, 0.3) is 0 Å². The van der Waals surface area contributed by atoms with Crippen LogP contribution in [0, 0.1) is 12.7 Å². The molecule has 0 heterocycles. The van der Waals surface area contributed by atoms with Gasteiger partial charge in [0.2, 0.25) is 0 Å². The standard InChI is InChI=1S/C14H13BrFNO/c1-9-2-4-12(17)7-14(9)18-8-10-6-11(15)3-5-13(10)16/h2-7H,8,17H2,1H3. The number of halogens is 2. The molecule has 0 bridgehead atoms. The van der Waals surface area contributed by atoms with Crippen LogP contribution in [0.5, 0.6) is 5.75 Å². The van der Waals surface area contributed by atoms with Gasteiger partial charge in [-0.25, -0.2) is 4.39 Å². The number of nitrogens with two attached hydrogens (primary N) is 1. The SMILES string of the molecule is Cc1ccc(N)cc1OCc1cc(Br)ccc1F. The van der Waals surface area contributed by atoms with E-state index in [0.29, 0.717) is 17.0 Å². The zero-order chi connectivity index (χ0) is 13.1. The molecule has 94 valence electrons.